The largest absolute Gasteiger partial charge is 0.378 e. The quantitative estimate of drug-likeness (QED) is 0.872. The Labute approximate surface area is 119 Å². The third-order valence-corrected chi connectivity index (χ3v) is 3.43. The van der Waals surface area contributed by atoms with E-state index in [1.54, 1.807) is 0 Å². The van der Waals surface area contributed by atoms with Crippen LogP contribution < -0.4 is 11.1 Å². The Morgan fingerprint density at radius 1 is 1.05 bits per heavy atom. The number of anilines is 1. The predicted octanol–water partition coefficient (Wildman–Crippen LogP) is 3.71. The van der Waals surface area contributed by atoms with Gasteiger partial charge in [-0.1, -0.05) is 41.9 Å². The zero-order chi connectivity index (χ0) is 13.7. The molecule has 1 unspecified atom stereocenters. The second kappa shape index (κ2) is 6.09. The van der Waals surface area contributed by atoms with Gasteiger partial charge in [-0.15, -0.1) is 0 Å². The van der Waals surface area contributed by atoms with Crippen LogP contribution >= 0.6 is 11.6 Å². The van der Waals surface area contributed by atoms with Crippen LogP contribution in [0.1, 0.15) is 12.5 Å². The van der Waals surface area contributed by atoms with Gasteiger partial charge < -0.3 is 11.1 Å². The molecule has 0 fully saturated rings. The smallest absolute Gasteiger partial charge is 0.0507 e. The fourth-order valence-corrected chi connectivity index (χ4v) is 2.22. The average Bonchev–Trinajstić information content (AvgIpc) is 2.42. The minimum atomic E-state index is -0.171. The van der Waals surface area contributed by atoms with Crippen molar-refractivity contribution in [3.8, 4) is 0 Å². The van der Waals surface area contributed by atoms with Crippen molar-refractivity contribution in [2.75, 3.05) is 11.9 Å². The molecule has 0 heterocycles. The molecule has 0 bridgehead atoms. The van der Waals surface area contributed by atoms with Crippen molar-refractivity contribution in [3.05, 3.63) is 65.2 Å². The number of nitrogens with one attached hydrogen (secondary N) is 1. The average molecular weight is 275 g/mol. The molecule has 3 N–H and O–H groups in total. The first-order valence-corrected chi connectivity index (χ1v) is 6.77. The molecule has 2 aromatic carbocycles. The number of hydrogen-bond acceptors (Lipinski definition) is 2. The molecule has 2 rings (SSSR count). The Bertz CT molecular complexity index is 510. The molecule has 0 aliphatic carbocycles. The molecule has 0 radical (unpaired) electrons. The van der Waals surface area contributed by atoms with Crippen LogP contribution in [0.25, 0.3) is 0 Å². The van der Waals surface area contributed by atoms with Crippen LogP contribution in [0.4, 0.5) is 5.69 Å². The normalized spacial score (nSPS) is 13.8. The molecule has 0 aliphatic rings. The van der Waals surface area contributed by atoms with E-state index >= 15 is 0 Å². The van der Waals surface area contributed by atoms with Crippen molar-refractivity contribution in [1.29, 1.82) is 0 Å². The molecule has 0 saturated heterocycles. The minimum Gasteiger partial charge on any atom is -0.378 e. The van der Waals surface area contributed by atoms with E-state index < -0.39 is 0 Å². The maximum Gasteiger partial charge on any atom is 0.0507 e. The number of rotatable bonds is 5. The number of benzene rings is 2. The van der Waals surface area contributed by atoms with E-state index in [1.807, 2.05) is 30.3 Å². The SMILES string of the molecule is CC(CN)(Cc1ccccc1)Nc1ccc(Cl)cc1. The standard InChI is InChI=1S/C16H19ClN2/c1-16(12-18,11-13-5-3-2-4-6-13)19-15-9-7-14(17)8-10-15/h2-10,19H,11-12,18H2,1H3. The Kier molecular flexibility index (Phi) is 4.46. The van der Waals surface area contributed by atoms with Crippen molar-refractivity contribution in [3.63, 3.8) is 0 Å². The molecule has 0 spiro atoms. The number of hydrogen-bond donors (Lipinski definition) is 2. The first-order valence-electron chi connectivity index (χ1n) is 6.39. The van der Waals surface area contributed by atoms with Gasteiger partial charge in [0.1, 0.15) is 0 Å². The van der Waals surface area contributed by atoms with E-state index in [2.05, 4.69) is 36.5 Å². The van der Waals surface area contributed by atoms with Gasteiger partial charge in [-0.25, -0.2) is 0 Å². The summed E-state index contributed by atoms with van der Waals surface area (Å²) in [4.78, 5) is 0. The molecule has 2 aromatic rings. The fraction of sp³-hybridized carbons (Fsp3) is 0.250. The van der Waals surface area contributed by atoms with E-state index in [0.29, 0.717) is 6.54 Å². The number of halogens is 1. The summed E-state index contributed by atoms with van der Waals surface area (Å²) in [5.74, 6) is 0. The van der Waals surface area contributed by atoms with Gasteiger partial charge in [-0.05, 0) is 43.2 Å². The number of nitrogens with two attached hydrogens (primary N) is 1. The van der Waals surface area contributed by atoms with Crippen LogP contribution in [0.15, 0.2) is 54.6 Å². The Hall–Kier alpha value is -1.51. The van der Waals surface area contributed by atoms with E-state index in [4.69, 9.17) is 17.3 Å². The summed E-state index contributed by atoms with van der Waals surface area (Å²) in [7, 11) is 0. The van der Waals surface area contributed by atoms with Gasteiger partial charge in [0, 0.05) is 17.3 Å². The summed E-state index contributed by atoms with van der Waals surface area (Å²) in [6, 6.07) is 18.1. The highest BCUT2D eigenvalue weighted by molar-refractivity contribution is 6.30. The van der Waals surface area contributed by atoms with Crippen molar-refractivity contribution in [2.24, 2.45) is 5.73 Å². The highest BCUT2D eigenvalue weighted by Crippen LogP contribution is 2.21. The van der Waals surface area contributed by atoms with Crippen LogP contribution in [0.5, 0.6) is 0 Å². The molecule has 0 saturated carbocycles. The molecular weight excluding hydrogens is 256 g/mol. The van der Waals surface area contributed by atoms with Crippen LogP contribution in [-0.2, 0) is 6.42 Å². The van der Waals surface area contributed by atoms with E-state index in [9.17, 15) is 0 Å². The molecule has 0 aromatic heterocycles. The molecule has 3 heteroatoms. The summed E-state index contributed by atoms with van der Waals surface area (Å²) in [5, 5.41) is 4.24. The predicted molar refractivity (Wildman–Crippen MR) is 82.7 cm³/mol. The van der Waals surface area contributed by atoms with Crippen molar-refractivity contribution in [1.82, 2.24) is 0 Å². The van der Waals surface area contributed by atoms with E-state index in [0.717, 1.165) is 17.1 Å². The maximum atomic E-state index is 5.94. The molecule has 100 valence electrons. The summed E-state index contributed by atoms with van der Waals surface area (Å²) >= 11 is 5.89. The Morgan fingerprint density at radius 3 is 2.26 bits per heavy atom. The highest BCUT2D eigenvalue weighted by Gasteiger charge is 2.22. The highest BCUT2D eigenvalue weighted by atomic mass is 35.5. The van der Waals surface area contributed by atoms with E-state index in [1.165, 1.54) is 5.56 Å². The van der Waals surface area contributed by atoms with Crippen LogP contribution in [0.2, 0.25) is 5.02 Å². The molecule has 0 aliphatic heterocycles. The van der Waals surface area contributed by atoms with Gasteiger partial charge in [-0.2, -0.15) is 0 Å². The second-order valence-corrected chi connectivity index (χ2v) is 5.50. The molecule has 0 amide bonds. The summed E-state index contributed by atoms with van der Waals surface area (Å²) in [6.07, 6.45) is 0.882. The lowest BCUT2D eigenvalue weighted by Crippen LogP contribution is -2.44. The van der Waals surface area contributed by atoms with Crippen molar-refractivity contribution >= 4 is 17.3 Å². The third kappa shape index (κ3) is 3.98. The second-order valence-electron chi connectivity index (χ2n) is 5.06. The van der Waals surface area contributed by atoms with Gasteiger partial charge in [-0.3, -0.25) is 0 Å². The third-order valence-electron chi connectivity index (χ3n) is 3.18. The zero-order valence-corrected chi connectivity index (χ0v) is 11.8. The molecular formula is C16H19ClN2. The van der Waals surface area contributed by atoms with Crippen LogP contribution in [0, 0.1) is 0 Å². The van der Waals surface area contributed by atoms with Gasteiger partial charge in [0.05, 0.1) is 5.54 Å². The zero-order valence-electron chi connectivity index (χ0n) is 11.1. The van der Waals surface area contributed by atoms with Crippen molar-refractivity contribution in [2.45, 2.75) is 18.9 Å². The summed E-state index contributed by atoms with van der Waals surface area (Å²) in [5.41, 5.74) is 8.08. The lowest BCUT2D eigenvalue weighted by Gasteiger charge is -2.31. The van der Waals surface area contributed by atoms with Gasteiger partial charge in [0.15, 0.2) is 0 Å². The van der Waals surface area contributed by atoms with Crippen LogP contribution in [0.3, 0.4) is 0 Å². The summed E-state index contributed by atoms with van der Waals surface area (Å²) < 4.78 is 0. The lowest BCUT2D eigenvalue weighted by atomic mass is 9.92. The molecule has 1 atom stereocenters. The van der Waals surface area contributed by atoms with Crippen molar-refractivity contribution < 1.29 is 0 Å². The van der Waals surface area contributed by atoms with Gasteiger partial charge in [0.2, 0.25) is 0 Å². The monoisotopic (exact) mass is 274 g/mol. The minimum absolute atomic E-state index is 0.171. The van der Waals surface area contributed by atoms with Gasteiger partial charge >= 0.3 is 0 Å². The summed E-state index contributed by atoms with van der Waals surface area (Å²) in [6.45, 7) is 2.69. The lowest BCUT2D eigenvalue weighted by molar-refractivity contribution is 0.521. The Balaban J connectivity index is 2.11. The molecule has 19 heavy (non-hydrogen) atoms. The van der Waals surface area contributed by atoms with Crippen LogP contribution in [-0.4, -0.2) is 12.1 Å². The first kappa shape index (κ1) is 13.9. The maximum absolute atomic E-state index is 5.94. The topological polar surface area (TPSA) is 38.0 Å². The molecule has 2 nitrogen and oxygen atoms in total. The Morgan fingerprint density at radius 2 is 1.68 bits per heavy atom. The first-order chi connectivity index (χ1) is 9.11. The van der Waals surface area contributed by atoms with E-state index in [-0.39, 0.29) is 5.54 Å². The van der Waals surface area contributed by atoms with Gasteiger partial charge in [0.25, 0.3) is 0 Å². The fourth-order valence-electron chi connectivity index (χ4n) is 2.10.